The minimum absolute atomic E-state index is 0.549. The highest BCUT2D eigenvalue weighted by molar-refractivity contribution is 5.87. The van der Waals surface area contributed by atoms with Crippen LogP contribution in [0.1, 0.15) is 6.92 Å². The summed E-state index contributed by atoms with van der Waals surface area (Å²) in [4.78, 5) is 10.6. The molecule has 0 aromatic carbocycles. The molecule has 0 aliphatic rings. The number of alkyl halides is 11. The van der Waals surface area contributed by atoms with Crippen molar-refractivity contribution in [2.24, 2.45) is 0 Å². The predicted molar refractivity (Wildman–Crippen MR) is 46.7 cm³/mol. The van der Waals surface area contributed by atoms with E-state index >= 15 is 0 Å². The van der Waals surface area contributed by atoms with Gasteiger partial charge in [0.2, 0.25) is 0 Å². The molecule has 0 fully saturated rings. The summed E-state index contributed by atoms with van der Waals surface area (Å²) < 4.78 is 140. The number of rotatable bonds is 4. The average Bonchev–Trinajstić information content (AvgIpc) is 2.23. The van der Waals surface area contributed by atoms with Crippen LogP contribution in [0.15, 0.2) is 12.2 Å². The van der Waals surface area contributed by atoms with Crippen molar-refractivity contribution in [1.82, 2.24) is 0 Å². The first kappa shape index (κ1) is 20.4. The molecule has 0 radical (unpaired) electrons. The molecular weight excluding hydrogens is 349 g/mol. The fourth-order valence-electron chi connectivity index (χ4n) is 0.995. The van der Waals surface area contributed by atoms with Crippen LogP contribution in [0.4, 0.5) is 48.3 Å². The van der Waals surface area contributed by atoms with Gasteiger partial charge < -0.3 is 4.74 Å². The number of ether oxygens (including phenoxy) is 1. The van der Waals surface area contributed by atoms with Crippen molar-refractivity contribution in [1.29, 1.82) is 0 Å². The smallest absolute Gasteiger partial charge is 0.394 e. The summed E-state index contributed by atoms with van der Waals surface area (Å²) in [5, 5.41) is 0. The number of hydrogen-bond acceptors (Lipinski definition) is 2. The summed E-state index contributed by atoms with van der Waals surface area (Å²) in [5.74, 6) is -10.1. The van der Waals surface area contributed by atoms with E-state index in [1.807, 2.05) is 0 Å². The highest BCUT2D eigenvalue weighted by atomic mass is 19.4. The standard InChI is InChI=1S/C9H5F11O2/c1-3(2)4(21)22-9(19,20)5(10,7(13,14)15)6(11,12)8(16,17)18/h1H2,2H3. The van der Waals surface area contributed by atoms with Gasteiger partial charge in [-0.05, 0) is 6.92 Å². The molecule has 1 unspecified atom stereocenters. The van der Waals surface area contributed by atoms with Gasteiger partial charge in [-0.15, -0.1) is 0 Å². The molecule has 2 nitrogen and oxygen atoms in total. The van der Waals surface area contributed by atoms with Gasteiger partial charge in [0.15, 0.2) is 0 Å². The van der Waals surface area contributed by atoms with E-state index in [1.54, 1.807) is 0 Å². The molecule has 130 valence electrons. The normalized spacial score (nSPS) is 16.9. The molecule has 0 spiro atoms. The summed E-state index contributed by atoms with van der Waals surface area (Å²) >= 11 is 0. The molecule has 0 saturated heterocycles. The van der Waals surface area contributed by atoms with Gasteiger partial charge in [0.1, 0.15) is 0 Å². The second kappa shape index (κ2) is 5.26. The lowest BCUT2D eigenvalue weighted by Gasteiger charge is -2.39. The van der Waals surface area contributed by atoms with Gasteiger partial charge in [0.05, 0.1) is 0 Å². The van der Waals surface area contributed by atoms with E-state index in [9.17, 15) is 53.1 Å². The zero-order valence-corrected chi connectivity index (χ0v) is 10.2. The van der Waals surface area contributed by atoms with E-state index in [0.717, 1.165) is 0 Å². The highest BCUT2D eigenvalue weighted by Gasteiger charge is 2.91. The van der Waals surface area contributed by atoms with Crippen molar-refractivity contribution in [3.8, 4) is 0 Å². The number of carbonyl (C=O) groups is 1. The summed E-state index contributed by atoms with van der Waals surface area (Å²) in [7, 11) is 0. The van der Waals surface area contributed by atoms with E-state index < -0.39 is 41.6 Å². The quantitative estimate of drug-likeness (QED) is 0.430. The minimum Gasteiger partial charge on any atom is -0.394 e. The Morgan fingerprint density at radius 3 is 1.41 bits per heavy atom. The van der Waals surface area contributed by atoms with Gasteiger partial charge in [0, 0.05) is 5.57 Å². The van der Waals surface area contributed by atoms with Gasteiger partial charge in [-0.3, -0.25) is 0 Å². The van der Waals surface area contributed by atoms with Crippen molar-refractivity contribution in [3.63, 3.8) is 0 Å². The molecule has 0 amide bonds. The van der Waals surface area contributed by atoms with Crippen LogP contribution in [0.3, 0.4) is 0 Å². The summed E-state index contributed by atoms with van der Waals surface area (Å²) in [5.41, 5.74) is -8.64. The second-order valence-corrected chi connectivity index (χ2v) is 3.92. The topological polar surface area (TPSA) is 26.3 Å². The maximum absolute atomic E-state index is 13.3. The Hall–Kier alpha value is -1.56. The van der Waals surface area contributed by atoms with E-state index in [2.05, 4.69) is 11.3 Å². The molecule has 0 aromatic heterocycles. The highest BCUT2D eigenvalue weighted by Crippen LogP contribution is 2.59. The third-order valence-electron chi connectivity index (χ3n) is 2.15. The lowest BCUT2D eigenvalue weighted by molar-refractivity contribution is -0.456. The van der Waals surface area contributed by atoms with E-state index in [0.29, 0.717) is 6.92 Å². The molecule has 13 heteroatoms. The fourth-order valence-corrected chi connectivity index (χ4v) is 0.995. The van der Waals surface area contributed by atoms with E-state index in [-0.39, 0.29) is 0 Å². The van der Waals surface area contributed by atoms with Crippen molar-refractivity contribution in [3.05, 3.63) is 12.2 Å². The monoisotopic (exact) mass is 354 g/mol. The van der Waals surface area contributed by atoms with Gasteiger partial charge in [0.25, 0.3) is 0 Å². The van der Waals surface area contributed by atoms with Crippen molar-refractivity contribution in [2.75, 3.05) is 0 Å². The van der Waals surface area contributed by atoms with Crippen LogP contribution in [-0.2, 0) is 9.53 Å². The molecule has 0 aliphatic carbocycles. The molecule has 0 N–H and O–H groups in total. The Morgan fingerprint density at radius 2 is 1.18 bits per heavy atom. The zero-order valence-electron chi connectivity index (χ0n) is 10.2. The fraction of sp³-hybridized carbons (Fsp3) is 0.667. The Morgan fingerprint density at radius 1 is 0.818 bits per heavy atom. The molecule has 22 heavy (non-hydrogen) atoms. The van der Waals surface area contributed by atoms with E-state index in [4.69, 9.17) is 0 Å². The number of halogens is 11. The van der Waals surface area contributed by atoms with Crippen molar-refractivity contribution < 1.29 is 57.8 Å². The lowest BCUT2D eigenvalue weighted by atomic mass is 9.94. The number of carbonyl (C=O) groups excluding carboxylic acids is 1. The first-order valence-corrected chi connectivity index (χ1v) is 4.79. The van der Waals surface area contributed by atoms with Gasteiger partial charge in [-0.2, -0.15) is 43.9 Å². The molecule has 0 saturated carbocycles. The molecule has 0 rings (SSSR count). The van der Waals surface area contributed by atoms with Crippen LogP contribution in [-0.4, -0.2) is 36.0 Å². The van der Waals surface area contributed by atoms with Gasteiger partial charge in [-0.25, -0.2) is 9.18 Å². The third kappa shape index (κ3) is 2.97. The maximum Gasteiger partial charge on any atom is 0.457 e. The maximum atomic E-state index is 13.3. The van der Waals surface area contributed by atoms with Gasteiger partial charge in [-0.1, -0.05) is 6.58 Å². The van der Waals surface area contributed by atoms with Crippen LogP contribution >= 0.6 is 0 Å². The third-order valence-corrected chi connectivity index (χ3v) is 2.15. The number of esters is 1. The summed E-state index contributed by atoms with van der Waals surface area (Å²) in [6, 6.07) is 0. The zero-order chi connectivity index (χ0) is 18.4. The summed E-state index contributed by atoms with van der Waals surface area (Å²) in [6.45, 7) is 3.12. The summed E-state index contributed by atoms with van der Waals surface area (Å²) in [6.07, 6.45) is -21.7. The first-order chi connectivity index (χ1) is 9.33. The molecule has 0 bridgehead atoms. The van der Waals surface area contributed by atoms with E-state index in [1.165, 1.54) is 0 Å². The molecule has 0 aromatic rings. The molecule has 0 heterocycles. The Balaban J connectivity index is 6.27. The average molecular weight is 354 g/mol. The Labute approximate surface area is 114 Å². The Kier molecular flexibility index (Phi) is 4.89. The van der Waals surface area contributed by atoms with Crippen LogP contribution in [0, 0.1) is 0 Å². The van der Waals surface area contributed by atoms with Crippen LogP contribution in [0.2, 0.25) is 0 Å². The van der Waals surface area contributed by atoms with Crippen LogP contribution < -0.4 is 0 Å². The van der Waals surface area contributed by atoms with Crippen LogP contribution in [0.25, 0.3) is 0 Å². The Bertz CT molecular complexity index is 461. The predicted octanol–water partition coefficient (Wildman–Crippen LogP) is 4.17. The first-order valence-electron chi connectivity index (χ1n) is 4.79. The number of hydrogen-bond donors (Lipinski definition) is 0. The van der Waals surface area contributed by atoms with Crippen molar-refractivity contribution in [2.45, 2.75) is 37.0 Å². The van der Waals surface area contributed by atoms with Crippen LogP contribution in [0.5, 0.6) is 0 Å². The van der Waals surface area contributed by atoms with Gasteiger partial charge >= 0.3 is 36.0 Å². The molecule has 1 atom stereocenters. The van der Waals surface area contributed by atoms with Crippen molar-refractivity contribution >= 4 is 5.97 Å². The SMILES string of the molecule is C=C(C)C(=O)OC(F)(F)C(F)(C(F)(F)F)C(F)(F)C(F)(F)F. The largest absolute Gasteiger partial charge is 0.457 e. The molecule has 0 aliphatic heterocycles. The minimum atomic E-state index is -7.61. The lowest BCUT2D eigenvalue weighted by Crippen LogP contribution is -2.71. The molecular formula is C9H5F11O2. The second-order valence-electron chi connectivity index (χ2n) is 3.92.